The molecule has 0 unspecified atom stereocenters. The van der Waals surface area contributed by atoms with Crippen molar-refractivity contribution in [2.45, 2.75) is 65.7 Å². The summed E-state index contributed by atoms with van der Waals surface area (Å²) in [5, 5.41) is 9.93. The molecule has 114 valence electrons. The Labute approximate surface area is 123 Å². The summed E-state index contributed by atoms with van der Waals surface area (Å²) in [5.41, 5.74) is 0.450. The molecule has 6 atom stereocenters. The third kappa shape index (κ3) is 1.83. The molecule has 0 heterocycles. The van der Waals surface area contributed by atoms with Gasteiger partial charge in [0, 0.05) is 18.9 Å². The average Bonchev–Trinajstić information content (AvgIpc) is 2.37. The quantitative estimate of drug-likeness (QED) is 0.792. The molecule has 0 spiro atoms. The highest BCUT2D eigenvalue weighted by atomic mass is 16.3. The van der Waals surface area contributed by atoms with E-state index in [0.717, 1.165) is 25.7 Å². The number of hydrogen-bond acceptors (Lipinski definition) is 2. The van der Waals surface area contributed by atoms with Gasteiger partial charge in [0.25, 0.3) is 0 Å². The predicted molar refractivity (Wildman–Crippen MR) is 80.3 cm³/mol. The predicted octanol–water partition coefficient (Wildman–Crippen LogP) is 3.82. The van der Waals surface area contributed by atoms with E-state index < -0.39 is 0 Å². The number of Topliss-reactive ketones (excluding diaryl/α,β-unsaturated/α-hetero) is 1. The molecule has 2 heteroatoms. The SMILES string of the molecule is C[C@@H]1CC[C@H]2[C@@](C)(CC[C@H]3C(=O)CCC[C@]23C)[C@@H]1CO. The first-order valence-corrected chi connectivity index (χ1v) is 8.57. The Morgan fingerprint density at radius 2 is 1.90 bits per heavy atom. The summed E-state index contributed by atoms with van der Waals surface area (Å²) in [6, 6.07) is 0. The molecule has 3 fully saturated rings. The van der Waals surface area contributed by atoms with Gasteiger partial charge in [0.1, 0.15) is 5.78 Å². The minimum absolute atomic E-state index is 0.204. The molecular formula is C18H30O2. The van der Waals surface area contributed by atoms with Crippen molar-refractivity contribution in [3.05, 3.63) is 0 Å². The zero-order valence-corrected chi connectivity index (χ0v) is 13.3. The number of aliphatic hydroxyl groups is 1. The van der Waals surface area contributed by atoms with E-state index in [1.807, 2.05) is 0 Å². The summed E-state index contributed by atoms with van der Waals surface area (Å²) in [4.78, 5) is 12.4. The van der Waals surface area contributed by atoms with Crippen LogP contribution in [-0.2, 0) is 4.79 Å². The second-order valence-electron chi connectivity index (χ2n) is 8.32. The van der Waals surface area contributed by atoms with Crippen LogP contribution in [0.15, 0.2) is 0 Å². The summed E-state index contributed by atoms with van der Waals surface area (Å²) in [5.74, 6) is 2.52. The normalized spacial score (nSPS) is 52.3. The molecule has 3 aliphatic rings. The maximum atomic E-state index is 12.4. The molecule has 2 nitrogen and oxygen atoms in total. The highest BCUT2D eigenvalue weighted by Crippen LogP contribution is 2.65. The Balaban J connectivity index is 1.97. The van der Waals surface area contributed by atoms with Gasteiger partial charge in [-0.1, -0.05) is 27.2 Å². The largest absolute Gasteiger partial charge is 0.396 e. The molecular weight excluding hydrogens is 248 g/mol. The minimum atomic E-state index is 0.204. The lowest BCUT2D eigenvalue weighted by Gasteiger charge is -2.63. The van der Waals surface area contributed by atoms with E-state index in [1.54, 1.807) is 0 Å². The first kappa shape index (κ1) is 14.6. The van der Waals surface area contributed by atoms with Gasteiger partial charge in [0.2, 0.25) is 0 Å². The lowest BCUT2D eigenvalue weighted by Crippen LogP contribution is -2.58. The van der Waals surface area contributed by atoms with E-state index in [9.17, 15) is 9.90 Å². The van der Waals surface area contributed by atoms with Crippen LogP contribution in [0, 0.1) is 34.5 Å². The fourth-order valence-electron chi connectivity index (χ4n) is 6.42. The van der Waals surface area contributed by atoms with Gasteiger partial charge in [-0.3, -0.25) is 4.79 Å². The lowest BCUT2D eigenvalue weighted by molar-refractivity contribution is -0.164. The summed E-state index contributed by atoms with van der Waals surface area (Å²) >= 11 is 0. The molecule has 0 saturated heterocycles. The highest BCUT2D eigenvalue weighted by Gasteiger charge is 2.60. The summed E-state index contributed by atoms with van der Waals surface area (Å²) in [6.45, 7) is 7.43. The number of rotatable bonds is 1. The third-order valence-electron chi connectivity index (χ3n) is 7.53. The second-order valence-corrected chi connectivity index (χ2v) is 8.32. The van der Waals surface area contributed by atoms with Gasteiger partial charge in [-0.25, -0.2) is 0 Å². The third-order valence-corrected chi connectivity index (χ3v) is 7.53. The number of ketones is 1. The van der Waals surface area contributed by atoms with Crippen molar-refractivity contribution >= 4 is 5.78 Å². The summed E-state index contributed by atoms with van der Waals surface area (Å²) in [7, 11) is 0. The van der Waals surface area contributed by atoms with Crippen molar-refractivity contribution in [2.24, 2.45) is 34.5 Å². The van der Waals surface area contributed by atoms with E-state index in [0.29, 0.717) is 36.1 Å². The number of carbonyl (C=O) groups excluding carboxylic acids is 1. The number of fused-ring (bicyclic) bond motifs is 3. The Morgan fingerprint density at radius 3 is 2.60 bits per heavy atom. The van der Waals surface area contributed by atoms with E-state index in [-0.39, 0.29) is 10.8 Å². The molecule has 0 bridgehead atoms. The van der Waals surface area contributed by atoms with Crippen LogP contribution in [0.2, 0.25) is 0 Å². The van der Waals surface area contributed by atoms with Crippen LogP contribution < -0.4 is 0 Å². The van der Waals surface area contributed by atoms with Crippen LogP contribution in [0.5, 0.6) is 0 Å². The van der Waals surface area contributed by atoms with E-state index in [1.165, 1.54) is 19.3 Å². The topological polar surface area (TPSA) is 37.3 Å². The molecule has 1 N–H and O–H groups in total. The first-order chi connectivity index (χ1) is 9.43. The first-order valence-electron chi connectivity index (χ1n) is 8.57. The van der Waals surface area contributed by atoms with E-state index in [4.69, 9.17) is 0 Å². The zero-order chi connectivity index (χ0) is 14.5. The Kier molecular flexibility index (Phi) is 3.52. The summed E-state index contributed by atoms with van der Waals surface area (Å²) in [6.07, 6.45) is 7.79. The van der Waals surface area contributed by atoms with E-state index in [2.05, 4.69) is 20.8 Å². The Hall–Kier alpha value is -0.370. The van der Waals surface area contributed by atoms with Crippen LogP contribution in [0.25, 0.3) is 0 Å². The van der Waals surface area contributed by atoms with Crippen LogP contribution >= 0.6 is 0 Å². The molecule has 3 saturated carbocycles. The fraction of sp³-hybridized carbons (Fsp3) is 0.944. The fourth-order valence-corrected chi connectivity index (χ4v) is 6.42. The lowest BCUT2D eigenvalue weighted by atomic mass is 9.41. The van der Waals surface area contributed by atoms with Crippen molar-refractivity contribution in [1.82, 2.24) is 0 Å². The minimum Gasteiger partial charge on any atom is -0.396 e. The Morgan fingerprint density at radius 1 is 1.15 bits per heavy atom. The monoisotopic (exact) mass is 278 g/mol. The van der Waals surface area contributed by atoms with Crippen LogP contribution in [0.1, 0.15) is 65.7 Å². The molecule has 3 aliphatic carbocycles. The Bertz CT molecular complexity index is 404. The number of aliphatic hydroxyl groups excluding tert-OH is 1. The van der Waals surface area contributed by atoms with Crippen molar-refractivity contribution in [3.8, 4) is 0 Å². The van der Waals surface area contributed by atoms with Crippen LogP contribution in [0.3, 0.4) is 0 Å². The summed E-state index contributed by atoms with van der Waals surface area (Å²) < 4.78 is 0. The smallest absolute Gasteiger partial charge is 0.136 e. The van der Waals surface area contributed by atoms with E-state index >= 15 is 0 Å². The van der Waals surface area contributed by atoms with Gasteiger partial charge in [0.15, 0.2) is 0 Å². The van der Waals surface area contributed by atoms with Crippen molar-refractivity contribution in [1.29, 1.82) is 0 Å². The molecule has 0 amide bonds. The molecule has 20 heavy (non-hydrogen) atoms. The maximum Gasteiger partial charge on any atom is 0.136 e. The van der Waals surface area contributed by atoms with Gasteiger partial charge in [-0.15, -0.1) is 0 Å². The highest BCUT2D eigenvalue weighted by molar-refractivity contribution is 5.82. The molecule has 0 radical (unpaired) electrons. The van der Waals surface area contributed by atoms with Gasteiger partial charge in [-0.2, -0.15) is 0 Å². The standard InChI is InChI=1S/C18H30O2/c1-12-6-7-16-17(2)9-4-5-15(20)13(17)8-10-18(16,3)14(12)11-19/h12-14,16,19H,4-11H2,1-3H3/t12-,13+,14-,16-,17+,18+/m1/s1. The van der Waals surface area contributed by atoms with Crippen molar-refractivity contribution < 1.29 is 9.90 Å². The zero-order valence-electron chi connectivity index (χ0n) is 13.3. The molecule has 0 aromatic heterocycles. The molecule has 0 aliphatic heterocycles. The maximum absolute atomic E-state index is 12.4. The van der Waals surface area contributed by atoms with Crippen molar-refractivity contribution in [3.63, 3.8) is 0 Å². The molecule has 0 aromatic rings. The van der Waals surface area contributed by atoms with Gasteiger partial charge in [-0.05, 0) is 60.7 Å². The second kappa shape index (κ2) is 4.83. The van der Waals surface area contributed by atoms with Gasteiger partial charge < -0.3 is 5.11 Å². The van der Waals surface area contributed by atoms with Gasteiger partial charge >= 0.3 is 0 Å². The average molecular weight is 278 g/mol. The number of hydrogen-bond donors (Lipinski definition) is 1. The van der Waals surface area contributed by atoms with Crippen molar-refractivity contribution in [2.75, 3.05) is 6.61 Å². The van der Waals surface area contributed by atoms with Crippen LogP contribution in [-0.4, -0.2) is 17.5 Å². The van der Waals surface area contributed by atoms with Gasteiger partial charge in [0.05, 0.1) is 0 Å². The molecule has 3 rings (SSSR count). The molecule has 0 aromatic carbocycles. The van der Waals surface area contributed by atoms with Crippen LogP contribution in [0.4, 0.5) is 0 Å². The number of carbonyl (C=O) groups is 1.